The zero-order chi connectivity index (χ0) is 22.8. The average Bonchev–Trinajstić information content (AvgIpc) is 3.39. The van der Waals surface area contributed by atoms with Crippen LogP contribution < -0.4 is 9.64 Å². The summed E-state index contributed by atoms with van der Waals surface area (Å²) in [5, 5.41) is 0. The lowest BCUT2D eigenvalue weighted by atomic mass is 10.1. The summed E-state index contributed by atoms with van der Waals surface area (Å²) in [4.78, 5) is 19.8. The minimum Gasteiger partial charge on any atom is -0.494 e. The highest BCUT2D eigenvalue weighted by atomic mass is 16.5. The van der Waals surface area contributed by atoms with E-state index in [2.05, 4.69) is 42.7 Å². The highest BCUT2D eigenvalue weighted by Gasteiger charge is 2.35. The van der Waals surface area contributed by atoms with Crippen molar-refractivity contribution < 1.29 is 9.53 Å². The van der Waals surface area contributed by atoms with E-state index < -0.39 is 0 Å². The summed E-state index contributed by atoms with van der Waals surface area (Å²) in [5.74, 6) is 2.13. The third-order valence-electron chi connectivity index (χ3n) is 6.40. The van der Waals surface area contributed by atoms with Gasteiger partial charge in [-0.3, -0.25) is 4.79 Å². The lowest BCUT2D eigenvalue weighted by Gasteiger charge is -2.19. The Morgan fingerprint density at radius 3 is 2.55 bits per heavy atom. The molecule has 33 heavy (non-hydrogen) atoms. The van der Waals surface area contributed by atoms with Gasteiger partial charge in [-0.25, -0.2) is 4.98 Å². The summed E-state index contributed by atoms with van der Waals surface area (Å²) >= 11 is 0. The van der Waals surface area contributed by atoms with Crippen LogP contribution in [-0.2, 0) is 11.3 Å². The number of amides is 1. The molecule has 5 nitrogen and oxygen atoms in total. The maximum atomic E-state index is 12.9. The lowest BCUT2D eigenvalue weighted by Crippen LogP contribution is -2.25. The molecule has 3 aromatic carbocycles. The summed E-state index contributed by atoms with van der Waals surface area (Å²) in [6.45, 7) is 6.22. The number of imidazole rings is 1. The van der Waals surface area contributed by atoms with Gasteiger partial charge < -0.3 is 14.2 Å². The van der Waals surface area contributed by atoms with E-state index in [0.717, 1.165) is 46.8 Å². The Morgan fingerprint density at radius 2 is 1.73 bits per heavy atom. The number of fused-ring (bicyclic) bond motifs is 1. The molecule has 0 unspecified atom stereocenters. The molecule has 5 heteroatoms. The molecule has 5 rings (SSSR count). The van der Waals surface area contributed by atoms with E-state index in [0.29, 0.717) is 19.6 Å². The first-order valence-electron chi connectivity index (χ1n) is 11.6. The van der Waals surface area contributed by atoms with Crippen molar-refractivity contribution in [3.05, 3.63) is 89.7 Å². The number of benzene rings is 3. The molecule has 168 valence electrons. The van der Waals surface area contributed by atoms with Gasteiger partial charge in [0.05, 0.1) is 17.6 Å². The number of aryl methyl sites for hydroxylation is 3. The highest BCUT2D eigenvalue weighted by molar-refractivity contribution is 5.97. The van der Waals surface area contributed by atoms with Crippen molar-refractivity contribution in [3.63, 3.8) is 0 Å². The molecular weight excluding hydrogens is 410 g/mol. The van der Waals surface area contributed by atoms with Crippen molar-refractivity contribution in [1.29, 1.82) is 0 Å². The summed E-state index contributed by atoms with van der Waals surface area (Å²) in [6, 6.07) is 24.5. The minimum absolute atomic E-state index is 0.0718. The number of para-hydroxylation sites is 3. The monoisotopic (exact) mass is 439 g/mol. The van der Waals surface area contributed by atoms with E-state index in [4.69, 9.17) is 9.72 Å². The van der Waals surface area contributed by atoms with Crippen molar-refractivity contribution >= 4 is 22.6 Å². The first-order valence-corrected chi connectivity index (χ1v) is 11.6. The Morgan fingerprint density at radius 1 is 0.970 bits per heavy atom. The van der Waals surface area contributed by atoms with Gasteiger partial charge in [-0.05, 0) is 56.2 Å². The number of aromatic nitrogens is 2. The van der Waals surface area contributed by atoms with Gasteiger partial charge in [-0.2, -0.15) is 0 Å². The van der Waals surface area contributed by atoms with Crippen LogP contribution in [0.25, 0.3) is 11.0 Å². The fraction of sp³-hybridized carbons (Fsp3) is 0.286. The predicted molar refractivity (Wildman–Crippen MR) is 132 cm³/mol. The molecule has 0 bridgehead atoms. The van der Waals surface area contributed by atoms with Gasteiger partial charge in [0, 0.05) is 31.1 Å². The molecule has 1 aliphatic rings. The van der Waals surface area contributed by atoms with Crippen LogP contribution >= 0.6 is 0 Å². The normalized spacial score (nSPS) is 16.0. The first kappa shape index (κ1) is 21.3. The highest BCUT2D eigenvalue weighted by Crippen LogP contribution is 2.34. The number of hydrogen-bond acceptors (Lipinski definition) is 3. The molecular formula is C28H29N3O2. The van der Waals surface area contributed by atoms with Crippen molar-refractivity contribution in [2.75, 3.05) is 18.1 Å². The summed E-state index contributed by atoms with van der Waals surface area (Å²) in [7, 11) is 0. The molecule has 0 saturated carbocycles. The van der Waals surface area contributed by atoms with Crippen LogP contribution in [-0.4, -0.2) is 28.6 Å². The largest absolute Gasteiger partial charge is 0.494 e. The number of carbonyl (C=O) groups is 1. The van der Waals surface area contributed by atoms with Gasteiger partial charge in [0.2, 0.25) is 5.91 Å². The number of anilines is 1. The second-order valence-corrected chi connectivity index (χ2v) is 8.82. The zero-order valence-corrected chi connectivity index (χ0v) is 19.2. The molecule has 1 fully saturated rings. The minimum atomic E-state index is 0.0718. The van der Waals surface area contributed by atoms with Crippen LogP contribution in [0, 0.1) is 13.8 Å². The van der Waals surface area contributed by atoms with Gasteiger partial charge >= 0.3 is 0 Å². The van der Waals surface area contributed by atoms with E-state index in [1.54, 1.807) is 0 Å². The molecule has 0 N–H and O–H groups in total. The maximum absolute atomic E-state index is 12.9. The van der Waals surface area contributed by atoms with Gasteiger partial charge in [-0.1, -0.05) is 48.0 Å². The van der Waals surface area contributed by atoms with Gasteiger partial charge in [0.1, 0.15) is 11.6 Å². The van der Waals surface area contributed by atoms with Crippen molar-refractivity contribution in [1.82, 2.24) is 9.55 Å². The molecule has 1 amide bonds. The lowest BCUT2D eigenvalue weighted by molar-refractivity contribution is -0.117. The molecule has 1 atom stereocenters. The average molecular weight is 440 g/mol. The van der Waals surface area contributed by atoms with Gasteiger partial charge in [0.15, 0.2) is 0 Å². The quantitative estimate of drug-likeness (QED) is 0.350. The Kier molecular flexibility index (Phi) is 5.86. The molecule has 0 spiro atoms. The Hall–Kier alpha value is -3.60. The first-order chi connectivity index (χ1) is 16.1. The van der Waals surface area contributed by atoms with Crippen LogP contribution in [0.2, 0.25) is 0 Å². The van der Waals surface area contributed by atoms with E-state index in [1.807, 2.05) is 53.4 Å². The fourth-order valence-corrected chi connectivity index (χ4v) is 4.67. The topological polar surface area (TPSA) is 47.4 Å². The number of nitrogens with zero attached hydrogens (tertiary/aromatic N) is 3. The number of rotatable bonds is 7. The molecule has 2 heterocycles. The third kappa shape index (κ3) is 4.36. The Labute approximate surface area is 194 Å². The van der Waals surface area contributed by atoms with Gasteiger partial charge in [-0.15, -0.1) is 0 Å². The number of carbonyl (C=O) groups excluding carboxylic acids is 1. The third-order valence-corrected chi connectivity index (χ3v) is 6.40. The van der Waals surface area contributed by atoms with E-state index >= 15 is 0 Å². The van der Waals surface area contributed by atoms with Crippen LogP contribution in [0.4, 0.5) is 5.69 Å². The van der Waals surface area contributed by atoms with Crippen molar-refractivity contribution in [2.24, 2.45) is 0 Å². The molecule has 0 radical (unpaired) electrons. The Balaban J connectivity index is 1.35. The maximum Gasteiger partial charge on any atom is 0.227 e. The van der Waals surface area contributed by atoms with E-state index in [1.165, 1.54) is 5.56 Å². The fourth-order valence-electron chi connectivity index (χ4n) is 4.67. The molecule has 1 saturated heterocycles. The number of hydrogen-bond donors (Lipinski definition) is 0. The van der Waals surface area contributed by atoms with Crippen LogP contribution in [0.1, 0.15) is 35.7 Å². The molecule has 0 aliphatic carbocycles. The smallest absolute Gasteiger partial charge is 0.227 e. The van der Waals surface area contributed by atoms with Crippen molar-refractivity contribution in [2.45, 2.75) is 39.2 Å². The number of ether oxygens (including phenoxy) is 1. The molecule has 4 aromatic rings. The molecule has 1 aliphatic heterocycles. The van der Waals surface area contributed by atoms with E-state index in [9.17, 15) is 4.79 Å². The predicted octanol–water partition coefficient (Wildman–Crippen LogP) is 5.64. The SMILES string of the molecule is Cc1ccc(OCCCn2c([C@@H]3CC(=O)N(c4ccccc4C)C3)nc3ccccc32)cc1. The van der Waals surface area contributed by atoms with E-state index in [-0.39, 0.29) is 11.8 Å². The van der Waals surface area contributed by atoms with Crippen LogP contribution in [0.5, 0.6) is 5.75 Å². The molecule has 1 aromatic heterocycles. The Bertz CT molecular complexity index is 1280. The second-order valence-electron chi connectivity index (χ2n) is 8.82. The second kappa shape index (κ2) is 9.10. The van der Waals surface area contributed by atoms with Gasteiger partial charge in [0.25, 0.3) is 0 Å². The summed E-state index contributed by atoms with van der Waals surface area (Å²) in [6.07, 6.45) is 1.35. The van der Waals surface area contributed by atoms with Crippen LogP contribution in [0.15, 0.2) is 72.8 Å². The van der Waals surface area contributed by atoms with Crippen molar-refractivity contribution in [3.8, 4) is 5.75 Å². The van der Waals surface area contributed by atoms with Crippen LogP contribution in [0.3, 0.4) is 0 Å². The summed E-state index contributed by atoms with van der Waals surface area (Å²) in [5.41, 5.74) is 5.44. The standard InChI is InChI=1S/C28H29N3O2/c1-20-12-14-23(15-13-20)33-17-7-16-30-26-11-6-4-9-24(26)29-28(30)22-18-27(32)31(19-22)25-10-5-3-8-21(25)2/h3-6,8-15,22H,7,16-19H2,1-2H3/t22-/m1/s1. The summed E-state index contributed by atoms with van der Waals surface area (Å²) < 4.78 is 8.23. The zero-order valence-electron chi connectivity index (χ0n) is 19.2.